The molecule has 2 aromatic heterocycles. The van der Waals surface area contributed by atoms with Gasteiger partial charge in [0.1, 0.15) is 17.2 Å². The zero-order valence-corrected chi connectivity index (χ0v) is 12.4. The second-order valence-electron chi connectivity index (χ2n) is 5.93. The third-order valence-electron chi connectivity index (χ3n) is 4.31. The molecule has 1 aliphatic rings. The summed E-state index contributed by atoms with van der Waals surface area (Å²) in [4.78, 5) is 12.8. The van der Waals surface area contributed by atoms with E-state index in [1.54, 1.807) is 16.9 Å². The Labute approximate surface area is 131 Å². The third-order valence-corrected chi connectivity index (χ3v) is 4.31. The van der Waals surface area contributed by atoms with E-state index in [1.165, 1.54) is 16.7 Å². The van der Waals surface area contributed by atoms with Gasteiger partial charge in [-0.05, 0) is 43.4 Å². The molecule has 118 valence electrons. The Balaban J connectivity index is 1.81. The van der Waals surface area contributed by atoms with E-state index in [4.69, 9.17) is 0 Å². The van der Waals surface area contributed by atoms with Gasteiger partial charge < -0.3 is 4.57 Å². The molecule has 1 aromatic carbocycles. The molecule has 0 spiro atoms. The van der Waals surface area contributed by atoms with E-state index in [2.05, 4.69) is 5.10 Å². The van der Waals surface area contributed by atoms with Crippen LogP contribution in [0.5, 0.6) is 0 Å². The molecule has 23 heavy (non-hydrogen) atoms. The smallest absolute Gasteiger partial charge is 0.277 e. The number of aromatic nitrogens is 3. The summed E-state index contributed by atoms with van der Waals surface area (Å²) < 4.78 is 29.7. The van der Waals surface area contributed by atoms with Crippen LogP contribution >= 0.6 is 0 Å². The molecule has 4 rings (SSSR count). The highest BCUT2D eigenvalue weighted by Gasteiger charge is 2.19. The van der Waals surface area contributed by atoms with Crippen LogP contribution in [-0.2, 0) is 19.4 Å². The predicted molar refractivity (Wildman–Crippen MR) is 81.6 cm³/mol. The number of fused-ring (bicyclic) bond motifs is 3. The van der Waals surface area contributed by atoms with Crippen molar-refractivity contribution in [1.82, 2.24) is 14.2 Å². The first-order valence-electron chi connectivity index (χ1n) is 7.66. The number of hydrogen-bond acceptors (Lipinski definition) is 2. The summed E-state index contributed by atoms with van der Waals surface area (Å²) in [6.07, 6.45) is 7.23. The standard InChI is InChI=1S/C17H15F2N3O/c18-12-7-11(8-13(19)9-12)10-21-5-6-22-16(17(21)23)14-3-1-2-4-15(14)20-22/h5-9H,1-4,10H2. The van der Waals surface area contributed by atoms with Crippen molar-refractivity contribution in [3.05, 3.63) is 69.4 Å². The molecule has 0 saturated carbocycles. The first-order valence-corrected chi connectivity index (χ1v) is 7.66. The average Bonchev–Trinajstić information content (AvgIpc) is 2.88. The summed E-state index contributed by atoms with van der Waals surface area (Å²) in [5, 5.41) is 4.47. The lowest BCUT2D eigenvalue weighted by molar-refractivity contribution is 0.577. The molecule has 0 fully saturated rings. The maximum Gasteiger partial charge on any atom is 0.277 e. The molecule has 3 aromatic rings. The van der Waals surface area contributed by atoms with Crippen LogP contribution in [0, 0.1) is 11.6 Å². The van der Waals surface area contributed by atoms with Crippen molar-refractivity contribution in [2.24, 2.45) is 0 Å². The zero-order valence-electron chi connectivity index (χ0n) is 12.4. The first-order chi connectivity index (χ1) is 11.1. The Morgan fingerprint density at radius 1 is 1.04 bits per heavy atom. The third kappa shape index (κ3) is 2.44. The molecule has 0 aliphatic heterocycles. The fourth-order valence-electron chi connectivity index (χ4n) is 3.28. The summed E-state index contributed by atoms with van der Waals surface area (Å²) in [5.74, 6) is -1.29. The molecule has 6 heteroatoms. The van der Waals surface area contributed by atoms with Crippen molar-refractivity contribution in [2.45, 2.75) is 32.2 Å². The molecule has 0 unspecified atom stereocenters. The van der Waals surface area contributed by atoms with Gasteiger partial charge in [-0.3, -0.25) is 4.79 Å². The van der Waals surface area contributed by atoms with E-state index in [-0.39, 0.29) is 12.1 Å². The topological polar surface area (TPSA) is 39.3 Å². The summed E-state index contributed by atoms with van der Waals surface area (Å²) in [6.45, 7) is 0.129. The van der Waals surface area contributed by atoms with Crippen LogP contribution in [0.3, 0.4) is 0 Å². The van der Waals surface area contributed by atoms with Crippen LogP contribution < -0.4 is 5.56 Å². The SMILES string of the molecule is O=c1c2c3c(nn2ccn1Cc1cc(F)cc(F)c1)CCCC3. The van der Waals surface area contributed by atoms with Crippen molar-refractivity contribution in [2.75, 3.05) is 0 Å². The van der Waals surface area contributed by atoms with E-state index in [0.717, 1.165) is 43.0 Å². The van der Waals surface area contributed by atoms with Crippen molar-refractivity contribution in [3.8, 4) is 0 Å². The van der Waals surface area contributed by atoms with E-state index >= 15 is 0 Å². The molecule has 0 radical (unpaired) electrons. The van der Waals surface area contributed by atoms with Gasteiger partial charge in [-0.1, -0.05) is 0 Å². The van der Waals surface area contributed by atoms with Crippen LogP contribution in [0.2, 0.25) is 0 Å². The van der Waals surface area contributed by atoms with Crippen LogP contribution in [0.15, 0.2) is 35.4 Å². The second kappa shape index (κ2) is 5.30. The summed E-state index contributed by atoms with van der Waals surface area (Å²) in [6, 6.07) is 3.31. The van der Waals surface area contributed by atoms with Crippen molar-refractivity contribution >= 4 is 5.52 Å². The van der Waals surface area contributed by atoms with E-state index < -0.39 is 11.6 Å². The lowest BCUT2D eigenvalue weighted by atomic mass is 9.97. The molecule has 0 amide bonds. The Morgan fingerprint density at radius 2 is 1.78 bits per heavy atom. The van der Waals surface area contributed by atoms with Gasteiger partial charge in [-0.15, -0.1) is 0 Å². The number of halogens is 2. The molecule has 0 saturated heterocycles. The molecule has 1 aliphatic carbocycles. The summed E-state index contributed by atoms with van der Waals surface area (Å²) >= 11 is 0. The number of benzene rings is 1. The van der Waals surface area contributed by atoms with Crippen LogP contribution in [0.1, 0.15) is 29.7 Å². The van der Waals surface area contributed by atoms with Gasteiger partial charge >= 0.3 is 0 Å². The normalized spacial score (nSPS) is 14.2. The largest absolute Gasteiger partial charge is 0.308 e. The average molecular weight is 315 g/mol. The maximum atomic E-state index is 13.3. The Kier molecular flexibility index (Phi) is 3.25. The van der Waals surface area contributed by atoms with Gasteiger partial charge in [0.2, 0.25) is 0 Å². The monoisotopic (exact) mass is 315 g/mol. The first kappa shape index (κ1) is 14.1. The van der Waals surface area contributed by atoms with Crippen LogP contribution in [-0.4, -0.2) is 14.2 Å². The Hall–Kier alpha value is -2.50. The predicted octanol–water partition coefficient (Wildman–Crippen LogP) is 2.70. The van der Waals surface area contributed by atoms with Crippen LogP contribution in [0.4, 0.5) is 8.78 Å². The van der Waals surface area contributed by atoms with Crippen molar-refractivity contribution in [3.63, 3.8) is 0 Å². The summed E-state index contributed by atoms with van der Waals surface area (Å²) in [7, 11) is 0. The number of aryl methyl sites for hydroxylation is 2. The van der Waals surface area contributed by atoms with Gasteiger partial charge in [0, 0.05) is 24.0 Å². The molecular formula is C17H15F2N3O. The maximum absolute atomic E-state index is 13.3. The Bertz CT molecular complexity index is 938. The number of rotatable bonds is 2. The second-order valence-corrected chi connectivity index (χ2v) is 5.93. The van der Waals surface area contributed by atoms with Crippen molar-refractivity contribution in [1.29, 1.82) is 0 Å². The Morgan fingerprint density at radius 3 is 2.57 bits per heavy atom. The molecule has 2 heterocycles. The van der Waals surface area contributed by atoms with E-state index in [1.807, 2.05) is 0 Å². The highest BCUT2D eigenvalue weighted by Crippen LogP contribution is 2.22. The molecular weight excluding hydrogens is 300 g/mol. The molecule has 0 atom stereocenters. The van der Waals surface area contributed by atoms with E-state index in [0.29, 0.717) is 11.1 Å². The van der Waals surface area contributed by atoms with Crippen LogP contribution in [0.25, 0.3) is 5.52 Å². The molecule has 0 N–H and O–H groups in total. The highest BCUT2D eigenvalue weighted by atomic mass is 19.1. The lowest BCUT2D eigenvalue weighted by Gasteiger charge is -2.09. The minimum absolute atomic E-state index is 0.129. The molecule has 4 nitrogen and oxygen atoms in total. The fourth-order valence-corrected chi connectivity index (χ4v) is 3.28. The quantitative estimate of drug-likeness (QED) is 0.729. The lowest BCUT2D eigenvalue weighted by Crippen LogP contribution is -2.23. The van der Waals surface area contributed by atoms with Gasteiger partial charge in [-0.25, -0.2) is 13.3 Å². The number of nitrogens with zero attached hydrogens (tertiary/aromatic N) is 3. The van der Waals surface area contributed by atoms with Crippen molar-refractivity contribution < 1.29 is 8.78 Å². The minimum Gasteiger partial charge on any atom is -0.308 e. The van der Waals surface area contributed by atoms with Gasteiger partial charge in [0.15, 0.2) is 0 Å². The molecule has 0 bridgehead atoms. The van der Waals surface area contributed by atoms with Gasteiger partial charge in [0.05, 0.1) is 12.2 Å². The number of hydrogen-bond donors (Lipinski definition) is 0. The summed E-state index contributed by atoms with van der Waals surface area (Å²) in [5.41, 5.74) is 2.83. The zero-order chi connectivity index (χ0) is 16.0. The van der Waals surface area contributed by atoms with E-state index in [9.17, 15) is 13.6 Å². The fraction of sp³-hybridized carbons (Fsp3) is 0.294. The minimum atomic E-state index is -0.643. The van der Waals surface area contributed by atoms with Gasteiger partial charge in [-0.2, -0.15) is 5.10 Å². The highest BCUT2D eigenvalue weighted by molar-refractivity contribution is 5.55. The van der Waals surface area contributed by atoms with Gasteiger partial charge in [0.25, 0.3) is 5.56 Å².